The molecule has 0 unspecified atom stereocenters. The molecule has 0 fully saturated rings. The minimum Gasteiger partial charge on any atom is -0.462 e. The number of fused-ring (bicyclic) bond motifs is 1. The highest BCUT2D eigenvalue weighted by Crippen LogP contribution is 2.33. The molecule has 2 aromatic carbocycles. The van der Waals surface area contributed by atoms with E-state index in [-0.39, 0.29) is 5.97 Å². The highest BCUT2D eigenvalue weighted by molar-refractivity contribution is 6.10. The number of carbonyl (C=O) groups is 1. The Morgan fingerprint density at radius 2 is 1.71 bits per heavy atom. The first kappa shape index (κ1) is 13.4. The quantitative estimate of drug-likeness (QED) is 0.678. The van der Waals surface area contributed by atoms with Gasteiger partial charge in [0, 0.05) is 18.0 Å². The Hall–Kier alpha value is -2.55. The Morgan fingerprint density at radius 1 is 1.05 bits per heavy atom. The molecule has 0 aliphatic rings. The Labute approximate surface area is 123 Å². The summed E-state index contributed by atoms with van der Waals surface area (Å²) in [6.45, 7) is 2.20. The van der Waals surface area contributed by atoms with Crippen LogP contribution in [0.25, 0.3) is 22.2 Å². The Kier molecular flexibility index (Phi) is 3.48. The summed E-state index contributed by atoms with van der Waals surface area (Å²) < 4.78 is 7.31. The first-order chi connectivity index (χ1) is 10.2. The Balaban J connectivity index is 2.34. The molecule has 0 radical (unpaired) electrons. The van der Waals surface area contributed by atoms with Crippen molar-refractivity contribution >= 4 is 16.9 Å². The fourth-order valence-electron chi connectivity index (χ4n) is 2.74. The van der Waals surface area contributed by atoms with E-state index in [1.54, 1.807) is 0 Å². The zero-order valence-corrected chi connectivity index (χ0v) is 12.2. The monoisotopic (exact) mass is 279 g/mol. The number of aryl methyl sites for hydroxylation is 1. The second kappa shape index (κ2) is 5.44. The summed E-state index contributed by atoms with van der Waals surface area (Å²) >= 11 is 0. The van der Waals surface area contributed by atoms with E-state index in [2.05, 4.69) is 4.57 Å². The van der Waals surface area contributed by atoms with Crippen molar-refractivity contribution in [2.45, 2.75) is 6.92 Å². The van der Waals surface area contributed by atoms with Gasteiger partial charge in [-0.25, -0.2) is 4.79 Å². The molecule has 0 amide bonds. The molecule has 106 valence electrons. The third kappa shape index (κ3) is 2.21. The molecule has 0 bridgehead atoms. The summed E-state index contributed by atoms with van der Waals surface area (Å²) in [6, 6.07) is 17.8. The van der Waals surface area contributed by atoms with Crippen LogP contribution in [0.4, 0.5) is 0 Å². The number of hydrogen-bond acceptors (Lipinski definition) is 2. The molecule has 21 heavy (non-hydrogen) atoms. The van der Waals surface area contributed by atoms with Crippen molar-refractivity contribution in [2.24, 2.45) is 7.05 Å². The highest BCUT2D eigenvalue weighted by atomic mass is 16.5. The number of aromatic nitrogens is 1. The molecular weight excluding hydrogens is 262 g/mol. The van der Waals surface area contributed by atoms with Gasteiger partial charge in [0.25, 0.3) is 0 Å². The number of ether oxygens (including phenoxy) is 1. The molecule has 0 spiro atoms. The van der Waals surface area contributed by atoms with Crippen LogP contribution < -0.4 is 0 Å². The number of hydrogen-bond donors (Lipinski definition) is 0. The molecular formula is C18H17NO2. The van der Waals surface area contributed by atoms with Crippen molar-refractivity contribution in [2.75, 3.05) is 6.61 Å². The minimum absolute atomic E-state index is 0.270. The standard InChI is InChI=1S/C18H17NO2/c1-3-21-18(20)16-14-11-7-8-12-15(14)19(2)17(16)13-9-5-4-6-10-13/h4-12H,3H2,1-2H3. The number of rotatable bonds is 3. The summed E-state index contributed by atoms with van der Waals surface area (Å²) in [7, 11) is 1.98. The topological polar surface area (TPSA) is 31.2 Å². The second-order valence-electron chi connectivity index (χ2n) is 4.89. The first-order valence-corrected chi connectivity index (χ1v) is 7.04. The van der Waals surface area contributed by atoms with E-state index in [1.807, 2.05) is 68.6 Å². The largest absolute Gasteiger partial charge is 0.462 e. The maximum atomic E-state index is 12.4. The van der Waals surface area contributed by atoms with Crippen molar-refractivity contribution in [1.82, 2.24) is 4.57 Å². The van der Waals surface area contributed by atoms with Gasteiger partial charge in [-0.2, -0.15) is 0 Å². The molecule has 0 N–H and O–H groups in total. The zero-order valence-electron chi connectivity index (χ0n) is 12.2. The molecule has 3 aromatic rings. The molecule has 0 atom stereocenters. The van der Waals surface area contributed by atoms with Gasteiger partial charge in [-0.3, -0.25) is 0 Å². The lowest BCUT2D eigenvalue weighted by atomic mass is 10.1. The third-order valence-electron chi connectivity index (χ3n) is 3.63. The van der Waals surface area contributed by atoms with Crippen LogP contribution in [0.2, 0.25) is 0 Å². The summed E-state index contributed by atoms with van der Waals surface area (Å²) in [5.74, 6) is -0.270. The Bertz CT molecular complexity index is 788. The number of nitrogens with zero attached hydrogens (tertiary/aromatic N) is 1. The number of carbonyl (C=O) groups excluding carboxylic acids is 1. The first-order valence-electron chi connectivity index (χ1n) is 7.04. The molecule has 0 aliphatic heterocycles. The van der Waals surface area contributed by atoms with E-state index < -0.39 is 0 Å². The van der Waals surface area contributed by atoms with Gasteiger partial charge in [-0.1, -0.05) is 48.5 Å². The van der Waals surface area contributed by atoms with Crippen LogP contribution in [0.1, 0.15) is 17.3 Å². The van der Waals surface area contributed by atoms with E-state index in [9.17, 15) is 4.79 Å². The molecule has 1 aromatic heterocycles. The van der Waals surface area contributed by atoms with Crippen LogP contribution in [0.3, 0.4) is 0 Å². The van der Waals surface area contributed by atoms with Crippen LogP contribution in [0.5, 0.6) is 0 Å². The summed E-state index contributed by atoms with van der Waals surface area (Å²) in [4.78, 5) is 12.4. The highest BCUT2D eigenvalue weighted by Gasteiger charge is 2.22. The summed E-state index contributed by atoms with van der Waals surface area (Å²) in [5.41, 5.74) is 3.58. The van der Waals surface area contributed by atoms with E-state index in [0.717, 1.165) is 22.2 Å². The maximum absolute atomic E-state index is 12.4. The van der Waals surface area contributed by atoms with Crippen LogP contribution in [-0.2, 0) is 11.8 Å². The fourth-order valence-corrected chi connectivity index (χ4v) is 2.74. The minimum atomic E-state index is -0.270. The molecule has 0 aliphatic carbocycles. The maximum Gasteiger partial charge on any atom is 0.340 e. The number of benzene rings is 2. The number of esters is 1. The smallest absolute Gasteiger partial charge is 0.340 e. The van der Waals surface area contributed by atoms with Crippen LogP contribution in [-0.4, -0.2) is 17.1 Å². The molecule has 3 nitrogen and oxygen atoms in total. The van der Waals surface area contributed by atoms with Gasteiger partial charge in [0.1, 0.15) is 0 Å². The second-order valence-corrected chi connectivity index (χ2v) is 4.89. The van der Waals surface area contributed by atoms with Crippen molar-refractivity contribution in [3.05, 3.63) is 60.2 Å². The van der Waals surface area contributed by atoms with E-state index in [4.69, 9.17) is 4.74 Å². The lowest BCUT2D eigenvalue weighted by Crippen LogP contribution is -2.06. The third-order valence-corrected chi connectivity index (χ3v) is 3.63. The Morgan fingerprint density at radius 3 is 2.43 bits per heavy atom. The fraction of sp³-hybridized carbons (Fsp3) is 0.167. The van der Waals surface area contributed by atoms with E-state index in [1.165, 1.54) is 0 Å². The number of para-hydroxylation sites is 1. The van der Waals surface area contributed by atoms with Gasteiger partial charge in [0.05, 0.1) is 17.9 Å². The SMILES string of the molecule is CCOC(=O)c1c(-c2ccccc2)n(C)c2ccccc12. The molecule has 1 heterocycles. The summed E-state index contributed by atoms with van der Waals surface area (Å²) in [6.07, 6.45) is 0. The lowest BCUT2D eigenvalue weighted by molar-refractivity contribution is 0.0529. The zero-order chi connectivity index (χ0) is 14.8. The average molecular weight is 279 g/mol. The normalized spacial score (nSPS) is 10.8. The summed E-state index contributed by atoms with van der Waals surface area (Å²) in [5, 5.41) is 0.928. The molecule has 0 saturated heterocycles. The van der Waals surface area contributed by atoms with E-state index >= 15 is 0 Å². The van der Waals surface area contributed by atoms with Crippen molar-refractivity contribution in [3.63, 3.8) is 0 Å². The van der Waals surface area contributed by atoms with Crippen LogP contribution in [0.15, 0.2) is 54.6 Å². The van der Waals surface area contributed by atoms with E-state index in [0.29, 0.717) is 12.2 Å². The average Bonchev–Trinajstić information content (AvgIpc) is 2.82. The predicted octanol–water partition coefficient (Wildman–Crippen LogP) is 4.02. The van der Waals surface area contributed by atoms with Gasteiger partial charge in [0.2, 0.25) is 0 Å². The molecule has 3 rings (SSSR count). The van der Waals surface area contributed by atoms with Gasteiger partial charge in [0.15, 0.2) is 0 Å². The lowest BCUT2D eigenvalue weighted by Gasteiger charge is -2.07. The van der Waals surface area contributed by atoms with Crippen molar-refractivity contribution in [1.29, 1.82) is 0 Å². The van der Waals surface area contributed by atoms with Crippen LogP contribution >= 0.6 is 0 Å². The van der Waals surface area contributed by atoms with Gasteiger partial charge < -0.3 is 9.30 Å². The van der Waals surface area contributed by atoms with Gasteiger partial charge in [-0.15, -0.1) is 0 Å². The predicted molar refractivity (Wildman–Crippen MR) is 84.3 cm³/mol. The molecule has 3 heteroatoms. The molecule has 0 saturated carbocycles. The van der Waals surface area contributed by atoms with Crippen LogP contribution in [0, 0.1) is 0 Å². The van der Waals surface area contributed by atoms with Crippen molar-refractivity contribution < 1.29 is 9.53 Å². The van der Waals surface area contributed by atoms with Gasteiger partial charge in [-0.05, 0) is 18.6 Å². The van der Waals surface area contributed by atoms with Gasteiger partial charge >= 0.3 is 5.97 Å². The van der Waals surface area contributed by atoms with Crippen molar-refractivity contribution in [3.8, 4) is 11.3 Å².